The van der Waals surface area contributed by atoms with Crippen molar-refractivity contribution >= 4 is 22.7 Å². The number of rotatable bonds is 4. The van der Waals surface area contributed by atoms with Crippen molar-refractivity contribution in [3.63, 3.8) is 0 Å². The van der Waals surface area contributed by atoms with Crippen LogP contribution < -0.4 is 4.90 Å². The van der Waals surface area contributed by atoms with Gasteiger partial charge in [-0.15, -0.1) is 0 Å². The molecule has 1 saturated heterocycles. The van der Waals surface area contributed by atoms with E-state index in [9.17, 15) is 14.3 Å². The lowest BCUT2D eigenvalue weighted by molar-refractivity contribution is 0.0691. The molecule has 0 saturated carbocycles. The molecule has 1 N–H and O–H groups in total. The van der Waals surface area contributed by atoms with E-state index in [0.29, 0.717) is 18.7 Å². The van der Waals surface area contributed by atoms with Crippen LogP contribution in [0.2, 0.25) is 0 Å². The molecule has 2 aromatic carbocycles. The monoisotopic (exact) mass is 402 g/mol. The second kappa shape index (κ2) is 6.95. The molecule has 0 aliphatic carbocycles. The van der Waals surface area contributed by atoms with E-state index in [1.54, 1.807) is 10.7 Å². The summed E-state index contributed by atoms with van der Waals surface area (Å²) in [6.07, 6.45) is -0.769. The molecule has 1 aliphatic rings. The zero-order chi connectivity index (χ0) is 20.8. The van der Waals surface area contributed by atoms with E-state index >= 15 is 0 Å². The van der Waals surface area contributed by atoms with Gasteiger partial charge in [0.05, 0.1) is 29.9 Å². The van der Waals surface area contributed by atoms with Crippen LogP contribution in [0.5, 0.6) is 0 Å². The molecule has 0 unspecified atom stereocenters. The Balaban J connectivity index is 1.68. The fraction of sp³-hybridized carbons (Fsp3) is 0.174. The highest BCUT2D eigenvalue weighted by Gasteiger charge is 2.26. The molecule has 1 aliphatic heterocycles. The van der Waals surface area contributed by atoms with Crippen LogP contribution in [0.3, 0.4) is 0 Å². The molecule has 2 aromatic heterocycles. The largest absolute Gasteiger partial charge is 0.477 e. The molecule has 7 heteroatoms. The molecule has 1 fully saturated rings. The van der Waals surface area contributed by atoms with Crippen molar-refractivity contribution < 1.29 is 14.3 Å². The van der Waals surface area contributed by atoms with Gasteiger partial charge in [0.25, 0.3) is 0 Å². The van der Waals surface area contributed by atoms with E-state index in [4.69, 9.17) is 0 Å². The van der Waals surface area contributed by atoms with Gasteiger partial charge in [0, 0.05) is 5.69 Å². The first-order chi connectivity index (χ1) is 14.5. The van der Waals surface area contributed by atoms with Crippen LogP contribution in [0.25, 0.3) is 27.8 Å². The van der Waals surface area contributed by atoms with Crippen molar-refractivity contribution in [2.45, 2.75) is 13.1 Å². The lowest BCUT2D eigenvalue weighted by atomic mass is 10.00. The van der Waals surface area contributed by atoms with Gasteiger partial charge in [-0.1, -0.05) is 30.3 Å². The summed E-state index contributed by atoms with van der Waals surface area (Å²) < 4.78 is 14.8. The Labute approximate surface area is 172 Å². The molecule has 30 heavy (non-hydrogen) atoms. The maximum atomic E-state index is 13.2. The number of aromatic carboxylic acids is 1. The number of aromatic nitrogens is 3. The quantitative estimate of drug-likeness (QED) is 0.553. The van der Waals surface area contributed by atoms with Gasteiger partial charge in [-0.05, 0) is 48.4 Å². The van der Waals surface area contributed by atoms with Gasteiger partial charge in [0.1, 0.15) is 6.17 Å². The number of hydrogen-bond donors (Lipinski definition) is 1. The maximum absolute atomic E-state index is 13.2. The van der Waals surface area contributed by atoms with Crippen LogP contribution in [0.1, 0.15) is 16.2 Å². The van der Waals surface area contributed by atoms with E-state index in [1.807, 2.05) is 66.4 Å². The van der Waals surface area contributed by atoms with Crippen LogP contribution in [0.15, 0.2) is 60.7 Å². The number of nitrogens with zero attached hydrogens (tertiary/aromatic N) is 4. The van der Waals surface area contributed by atoms with Crippen molar-refractivity contribution in [2.75, 3.05) is 18.0 Å². The van der Waals surface area contributed by atoms with Crippen molar-refractivity contribution in [1.82, 2.24) is 14.8 Å². The third kappa shape index (κ3) is 2.99. The molecule has 0 spiro atoms. The van der Waals surface area contributed by atoms with E-state index in [2.05, 4.69) is 10.1 Å². The van der Waals surface area contributed by atoms with Gasteiger partial charge >= 0.3 is 5.97 Å². The molecule has 0 amide bonds. The lowest BCUT2D eigenvalue weighted by Crippen LogP contribution is -2.48. The van der Waals surface area contributed by atoms with Crippen LogP contribution in [0, 0.1) is 6.92 Å². The van der Waals surface area contributed by atoms with Gasteiger partial charge in [-0.2, -0.15) is 5.10 Å². The number of fused-ring (bicyclic) bond motifs is 1. The summed E-state index contributed by atoms with van der Waals surface area (Å²) in [5, 5.41) is 15.1. The predicted octanol–water partition coefficient (Wildman–Crippen LogP) is 4.25. The number of benzene rings is 2. The molecule has 5 rings (SSSR count). The van der Waals surface area contributed by atoms with Gasteiger partial charge < -0.3 is 10.0 Å². The molecule has 150 valence electrons. The number of aryl methyl sites for hydroxylation is 1. The van der Waals surface area contributed by atoms with Crippen LogP contribution in [0.4, 0.5) is 10.1 Å². The average Bonchev–Trinajstić information content (AvgIpc) is 3.08. The second-order valence-electron chi connectivity index (χ2n) is 7.44. The van der Waals surface area contributed by atoms with Crippen LogP contribution >= 0.6 is 0 Å². The van der Waals surface area contributed by atoms with Gasteiger partial charge in [-0.25, -0.2) is 18.9 Å². The number of carboxylic acids is 1. The highest BCUT2D eigenvalue weighted by Crippen LogP contribution is 2.34. The summed E-state index contributed by atoms with van der Waals surface area (Å²) in [5.41, 5.74) is 4.61. The molecule has 0 radical (unpaired) electrons. The van der Waals surface area contributed by atoms with Crippen LogP contribution in [-0.4, -0.2) is 45.1 Å². The SMILES string of the molecule is Cc1nn(-c2ccccc2)c2nc(C(=O)O)cc(-c3ccc(N4CC(F)C4)cc3)c12. The van der Waals surface area contributed by atoms with Gasteiger partial charge in [-0.3, -0.25) is 0 Å². The Morgan fingerprint density at radius 2 is 1.77 bits per heavy atom. The highest BCUT2D eigenvalue weighted by atomic mass is 19.1. The average molecular weight is 402 g/mol. The smallest absolute Gasteiger partial charge is 0.354 e. The fourth-order valence-corrected chi connectivity index (χ4v) is 3.86. The lowest BCUT2D eigenvalue weighted by Gasteiger charge is -2.36. The maximum Gasteiger partial charge on any atom is 0.354 e. The topological polar surface area (TPSA) is 71.2 Å². The van der Waals surface area contributed by atoms with Crippen molar-refractivity contribution in [1.29, 1.82) is 0 Å². The Hall–Kier alpha value is -3.74. The third-order valence-corrected chi connectivity index (χ3v) is 5.41. The minimum Gasteiger partial charge on any atom is -0.477 e. The number of pyridine rings is 1. The Morgan fingerprint density at radius 3 is 2.40 bits per heavy atom. The number of carbonyl (C=O) groups is 1. The third-order valence-electron chi connectivity index (χ3n) is 5.41. The number of carboxylic acid groups (broad SMARTS) is 1. The fourth-order valence-electron chi connectivity index (χ4n) is 3.86. The second-order valence-corrected chi connectivity index (χ2v) is 7.44. The van der Waals surface area contributed by atoms with E-state index in [-0.39, 0.29) is 5.69 Å². The Kier molecular flexibility index (Phi) is 4.24. The Morgan fingerprint density at radius 1 is 1.07 bits per heavy atom. The number of para-hydroxylation sites is 1. The molecule has 4 aromatic rings. The minimum absolute atomic E-state index is 0.0401. The van der Waals surface area contributed by atoms with Crippen molar-refractivity contribution in [3.8, 4) is 16.8 Å². The molecule has 6 nitrogen and oxygen atoms in total. The highest BCUT2D eigenvalue weighted by molar-refractivity contribution is 6.00. The van der Waals surface area contributed by atoms with Gasteiger partial charge in [0.2, 0.25) is 0 Å². The zero-order valence-electron chi connectivity index (χ0n) is 16.3. The standard InChI is InChI=1S/C23H19FN4O2/c1-14-21-19(15-7-9-17(10-8-15)27-12-16(24)13-27)11-20(23(29)30)25-22(21)28(26-14)18-5-3-2-4-6-18/h2-11,16H,12-13H2,1H3,(H,29,30). The number of alkyl halides is 1. The first-order valence-electron chi connectivity index (χ1n) is 9.70. The summed E-state index contributed by atoms with van der Waals surface area (Å²) in [7, 11) is 0. The summed E-state index contributed by atoms with van der Waals surface area (Å²) >= 11 is 0. The van der Waals surface area contributed by atoms with E-state index < -0.39 is 12.1 Å². The molecule has 3 heterocycles. The van der Waals surface area contributed by atoms with Crippen LogP contribution in [-0.2, 0) is 0 Å². The Bertz CT molecular complexity index is 1250. The van der Waals surface area contributed by atoms with Crippen molar-refractivity contribution in [2.24, 2.45) is 0 Å². The minimum atomic E-state index is -1.09. The number of hydrogen-bond acceptors (Lipinski definition) is 4. The summed E-state index contributed by atoms with van der Waals surface area (Å²) in [5.74, 6) is -1.09. The molecule has 0 bridgehead atoms. The number of anilines is 1. The zero-order valence-corrected chi connectivity index (χ0v) is 16.3. The number of halogens is 1. The van der Waals surface area contributed by atoms with Gasteiger partial charge in [0.15, 0.2) is 11.3 Å². The summed E-state index contributed by atoms with van der Waals surface area (Å²) in [4.78, 5) is 18.1. The first kappa shape index (κ1) is 18.3. The summed E-state index contributed by atoms with van der Waals surface area (Å²) in [6.45, 7) is 2.71. The molecular weight excluding hydrogens is 383 g/mol. The van der Waals surface area contributed by atoms with E-state index in [1.165, 1.54) is 0 Å². The molecular formula is C23H19FN4O2. The van der Waals surface area contributed by atoms with Crippen molar-refractivity contribution in [3.05, 3.63) is 72.1 Å². The predicted molar refractivity (Wildman–Crippen MR) is 113 cm³/mol. The summed E-state index contributed by atoms with van der Waals surface area (Å²) in [6, 6.07) is 18.8. The normalized spacial score (nSPS) is 14.1. The first-order valence-corrected chi connectivity index (χ1v) is 9.70. The molecule has 0 atom stereocenters. The van der Waals surface area contributed by atoms with E-state index in [0.717, 1.165) is 33.6 Å².